The molecule has 4 heteroatoms. The Bertz CT molecular complexity index is 445. The summed E-state index contributed by atoms with van der Waals surface area (Å²) in [5, 5.41) is 9.47. The van der Waals surface area contributed by atoms with Crippen LogP contribution in [-0.4, -0.2) is 22.3 Å². The molecular weight excluding hydrogens is 228 g/mol. The van der Waals surface area contributed by atoms with Crippen molar-refractivity contribution >= 4 is 11.8 Å². The standard InChI is InChI=1S/C14H18N2O2/c1-13(2)9-10(13)12(18)16(11(9)17)14(8-15)6-4-3-5-7-14/h9-10H,3-7H2,1-2H3. The van der Waals surface area contributed by atoms with E-state index in [1.807, 2.05) is 13.8 Å². The Morgan fingerprint density at radius 1 is 1.11 bits per heavy atom. The second kappa shape index (κ2) is 3.34. The number of nitriles is 1. The van der Waals surface area contributed by atoms with Crippen molar-refractivity contribution in [3.8, 4) is 6.07 Å². The average Bonchev–Trinajstić information content (AvgIpc) is 2.80. The fraction of sp³-hybridized carbons (Fsp3) is 0.786. The summed E-state index contributed by atoms with van der Waals surface area (Å²) in [5.41, 5.74) is -1.02. The zero-order chi connectivity index (χ0) is 13.1. The van der Waals surface area contributed by atoms with Crippen LogP contribution in [0.3, 0.4) is 0 Å². The van der Waals surface area contributed by atoms with Gasteiger partial charge in [0, 0.05) is 0 Å². The molecule has 1 saturated heterocycles. The molecule has 2 aliphatic carbocycles. The van der Waals surface area contributed by atoms with E-state index < -0.39 is 5.54 Å². The van der Waals surface area contributed by atoms with Crippen LogP contribution in [0.25, 0.3) is 0 Å². The minimum absolute atomic E-state index is 0.0987. The maximum absolute atomic E-state index is 12.4. The largest absolute Gasteiger partial charge is 0.274 e. The number of imide groups is 1. The Labute approximate surface area is 107 Å². The van der Waals surface area contributed by atoms with Crippen molar-refractivity contribution in [3.63, 3.8) is 0 Å². The lowest BCUT2D eigenvalue weighted by Crippen LogP contribution is -2.54. The second-order valence-corrected chi connectivity index (χ2v) is 6.49. The smallest absolute Gasteiger partial charge is 0.235 e. The molecule has 0 spiro atoms. The van der Waals surface area contributed by atoms with Crippen molar-refractivity contribution in [1.82, 2.24) is 4.90 Å². The number of hydrogen-bond donors (Lipinski definition) is 0. The van der Waals surface area contributed by atoms with Crippen LogP contribution in [0, 0.1) is 28.6 Å². The summed E-state index contributed by atoms with van der Waals surface area (Å²) >= 11 is 0. The van der Waals surface area contributed by atoms with E-state index in [1.165, 1.54) is 4.90 Å². The normalized spacial score (nSPS) is 36.2. The van der Waals surface area contributed by atoms with Gasteiger partial charge in [-0.2, -0.15) is 5.26 Å². The molecule has 0 radical (unpaired) electrons. The molecule has 4 nitrogen and oxygen atoms in total. The van der Waals surface area contributed by atoms with E-state index in [9.17, 15) is 14.9 Å². The zero-order valence-electron chi connectivity index (χ0n) is 10.9. The van der Waals surface area contributed by atoms with Gasteiger partial charge in [0.2, 0.25) is 11.8 Å². The maximum atomic E-state index is 12.4. The third-order valence-corrected chi connectivity index (χ3v) is 5.12. The summed E-state index contributed by atoms with van der Waals surface area (Å²) in [4.78, 5) is 26.1. The van der Waals surface area contributed by atoms with Gasteiger partial charge in [0.15, 0.2) is 0 Å². The number of hydrogen-bond acceptors (Lipinski definition) is 3. The maximum Gasteiger partial charge on any atom is 0.235 e. The van der Waals surface area contributed by atoms with E-state index in [1.54, 1.807) is 0 Å². The number of piperidine rings is 1. The molecule has 2 saturated carbocycles. The van der Waals surface area contributed by atoms with Gasteiger partial charge in [-0.05, 0) is 18.3 Å². The van der Waals surface area contributed by atoms with E-state index in [4.69, 9.17) is 0 Å². The van der Waals surface area contributed by atoms with Gasteiger partial charge in [0.05, 0.1) is 17.9 Å². The van der Waals surface area contributed by atoms with E-state index in [2.05, 4.69) is 6.07 Å². The molecule has 0 aromatic rings. The van der Waals surface area contributed by atoms with Gasteiger partial charge in [-0.15, -0.1) is 0 Å². The Morgan fingerprint density at radius 3 is 2.06 bits per heavy atom. The summed E-state index contributed by atoms with van der Waals surface area (Å²) < 4.78 is 0. The van der Waals surface area contributed by atoms with Crippen LogP contribution in [0.15, 0.2) is 0 Å². The first-order valence-corrected chi connectivity index (χ1v) is 6.75. The first-order chi connectivity index (χ1) is 8.46. The number of fused-ring (bicyclic) bond motifs is 1. The van der Waals surface area contributed by atoms with Gasteiger partial charge in [-0.3, -0.25) is 14.5 Å². The molecule has 18 heavy (non-hydrogen) atoms. The highest BCUT2D eigenvalue weighted by Crippen LogP contribution is 2.64. The molecule has 96 valence electrons. The van der Waals surface area contributed by atoms with Crippen molar-refractivity contribution < 1.29 is 9.59 Å². The number of amides is 2. The predicted molar refractivity (Wildman–Crippen MR) is 64.0 cm³/mol. The molecule has 2 amide bonds. The molecule has 3 aliphatic rings. The van der Waals surface area contributed by atoms with Gasteiger partial charge < -0.3 is 0 Å². The first-order valence-electron chi connectivity index (χ1n) is 6.75. The third kappa shape index (κ3) is 1.20. The Hall–Kier alpha value is -1.37. The monoisotopic (exact) mass is 246 g/mol. The molecule has 0 aromatic heterocycles. The number of carbonyl (C=O) groups is 2. The van der Waals surface area contributed by atoms with Gasteiger partial charge >= 0.3 is 0 Å². The second-order valence-electron chi connectivity index (χ2n) is 6.49. The number of rotatable bonds is 1. The van der Waals surface area contributed by atoms with Crippen LogP contribution in [-0.2, 0) is 9.59 Å². The van der Waals surface area contributed by atoms with Crippen LogP contribution >= 0.6 is 0 Å². The molecule has 1 aliphatic heterocycles. The van der Waals surface area contributed by atoms with Crippen LogP contribution in [0.1, 0.15) is 46.0 Å². The lowest BCUT2D eigenvalue weighted by atomic mass is 9.81. The van der Waals surface area contributed by atoms with Crippen molar-refractivity contribution in [2.45, 2.75) is 51.5 Å². The predicted octanol–water partition coefficient (Wildman–Crippen LogP) is 1.85. The molecule has 0 bridgehead atoms. The van der Waals surface area contributed by atoms with E-state index in [0.717, 1.165) is 19.3 Å². The molecule has 3 rings (SSSR count). The highest BCUT2D eigenvalue weighted by Gasteiger charge is 2.74. The Balaban J connectivity index is 1.93. The van der Waals surface area contributed by atoms with Crippen LogP contribution in [0.2, 0.25) is 0 Å². The Kier molecular flexibility index (Phi) is 2.17. The van der Waals surface area contributed by atoms with Gasteiger partial charge in [-0.25, -0.2) is 0 Å². The van der Waals surface area contributed by atoms with Crippen LogP contribution in [0.5, 0.6) is 0 Å². The summed E-state index contributed by atoms with van der Waals surface area (Å²) in [5.74, 6) is -0.536. The molecule has 2 atom stereocenters. The summed E-state index contributed by atoms with van der Waals surface area (Å²) in [6.07, 6.45) is 4.27. The topological polar surface area (TPSA) is 61.2 Å². The summed E-state index contributed by atoms with van der Waals surface area (Å²) in [6.45, 7) is 3.94. The molecule has 1 heterocycles. The van der Waals surface area contributed by atoms with Crippen molar-refractivity contribution in [1.29, 1.82) is 5.26 Å². The fourth-order valence-electron chi connectivity index (χ4n) is 3.89. The summed E-state index contributed by atoms with van der Waals surface area (Å²) in [6, 6.07) is 2.27. The van der Waals surface area contributed by atoms with Gasteiger partial charge in [0.25, 0.3) is 0 Å². The van der Waals surface area contributed by atoms with E-state index in [-0.39, 0.29) is 29.1 Å². The SMILES string of the molecule is CC1(C)C2C(=O)N(C3(C#N)CCCCC3)C(=O)C21. The highest BCUT2D eigenvalue weighted by molar-refractivity contribution is 6.11. The third-order valence-electron chi connectivity index (χ3n) is 5.12. The highest BCUT2D eigenvalue weighted by atomic mass is 16.2. The van der Waals surface area contributed by atoms with Crippen molar-refractivity contribution in [2.75, 3.05) is 0 Å². The minimum atomic E-state index is -0.837. The van der Waals surface area contributed by atoms with Gasteiger partial charge in [0.1, 0.15) is 5.54 Å². The lowest BCUT2D eigenvalue weighted by Gasteiger charge is -2.39. The quantitative estimate of drug-likeness (QED) is 0.663. The fourth-order valence-corrected chi connectivity index (χ4v) is 3.89. The molecule has 0 N–H and O–H groups in total. The molecule has 0 aromatic carbocycles. The molecule has 3 fully saturated rings. The number of nitrogens with zero attached hydrogens (tertiary/aromatic N) is 2. The van der Waals surface area contributed by atoms with Crippen LogP contribution < -0.4 is 0 Å². The zero-order valence-corrected chi connectivity index (χ0v) is 10.9. The van der Waals surface area contributed by atoms with Gasteiger partial charge in [-0.1, -0.05) is 33.1 Å². The number of carbonyl (C=O) groups excluding carboxylic acids is 2. The lowest BCUT2D eigenvalue weighted by molar-refractivity contribution is -0.149. The Morgan fingerprint density at radius 2 is 1.61 bits per heavy atom. The van der Waals surface area contributed by atoms with E-state index in [0.29, 0.717) is 12.8 Å². The average molecular weight is 246 g/mol. The van der Waals surface area contributed by atoms with E-state index >= 15 is 0 Å². The number of likely N-dealkylation sites (tertiary alicyclic amines) is 1. The molecule has 2 unspecified atom stereocenters. The summed E-state index contributed by atoms with van der Waals surface area (Å²) in [7, 11) is 0. The molecular formula is C14H18N2O2. The van der Waals surface area contributed by atoms with Crippen molar-refractivity contribution in [3.05, 3.63) is 0 Å². The minimum Gasteiger partial charge on any atom is -0.274 e. The van der Waals surface area contributed by atoms with Crippen LogP contribution in [0.4, 0.5) is 0 Å². The first kappa shape index (κ1) is 11.7. The van der Waals surface area contributed by atoms with Crippen molar-refractivity contribution in [2.24, 2.45) is 17.3 Å².